The summed E-state index contributed by atoms with van der Waals surface area (Å²) >= 11 is 0. The molecule has 0 aliphatic rings. The number of aromatic nitrogens is 4. The summed E-state index contributed by atoms with van der Waals surface area (Å²) < 4.78 is 75.1. The summed E-state index contributed by atoms with van der Waals surface area (Å²) in [6.07, 6.45) is 4.87. The van der Waals surface area contributed by atoms with E-state index in [1.54, 1.807) is 30.7 Å². The molecule has 4 heterocycles. The zero-order valence-corrected chi connectivity index (χ0v) is 39.1. The van der Waals surface area contributed by atoms with Crippen molar-refractivity contribution in [1.82, 2.24) is 14.1 Å². The molecular formula is C59H48N4OPt-2. The molecule has 0 bridgehead atoms. The Kier molecular flexibility index (Phi) is 8.68. The van der Waals surface area contributed by atoms with E-state index < -0.39 is 24.5 Å². The van der Waals surface area contributed by atoms with Crippen molar-refractivity contribution in [3.05, 3.63) is 211 Å². The largest absolute Gasteiger partial charge is 0.463 e. The Labute approximate surface area is 404 Å². The van der Waals surface area contributed by atoms with Crippen molar-refractivity contribution in [2.24, 2.45) is 0 Å². The number of imidazole rings is 1. The number of furan rings is 1. The fourth-order valence-corrected chi connectivity index (χ4v) is 8.64. The molecule has 11 rings (SSSR count). The van der Waals surface area contributed by atoms with Crippen LogP contribution in [0.15, 0.2) is 174 Å². The monoisotopic (exact) mass is 1030 g/mol. The normalized spacial score (nSPS) is 13.8. The van der Waals surface area contributed by atoms with Crippen LogP contribution in [0.4, 0.5) is 0 Å². The molecule has 0 saturated carbocycles. The first kappa shape index (κ1) is 34.6. The Hall–Kier alpha value is -6.81. The molecule has 65 heavy (non-hydrogen) atoms. The fourth-order valence-electron chi connectivity index (χ4n) is 8.64. The number of pyridine rings is 1. The van der Waals surface area contributed by atoms with Gasteiger partial charge in [-0.1, -0.05) is 156 Å². The van der Waals surface area contributed by atoms with Crippen molar-refractivity contribution < 1.29 is 39.6 Å². The average molecular weight is 1030 g/mol. The molecule has 0 radical (unpaired) electrons. The molecule has 11 aromatic rings. The number of hydrogen-bond donors (Lipinski definition) is 0. The Bertz CT molecular complexity index is 3910. The topological polar surface area (TPSA) is 39.8 Å². The van der Waals surface area contributed by atoms with Gasteiger partial charge in [-0.3, -0.25) is 4.57 Å². The summed E-state index contributed by atoms with van der Waals surface area (Å²) in [4.78, 5) is 4.76. The molecular weight excluding hydrogens is 976 g/mol. The first-order chi connectivity index (χ1) is 33.8. The van der Waals surface area contributed by atoms with Crippen molar-refractivity contribution in [3.8, 4) is 39.4 Å². The van der Waals surface area contributed by atoms with Gasteiger partial charge in [0, 0.05) is 34.7 Å². The van der Waals surface area contributed by atoms with E-state index in [1.165, 1.54) is 0 Å². The zero-order valence-electron chi connectivity index (χ0n) is 43.8. The second-order valence-electron chi connectivity index (χ2n) is 18.3. The molecule has 0 spiro atoms. The summed E-state index contributed by atoms with van der Waals surface area (Å²) in [6, 6.07) is 46.1. The fraction of sp³-hybridized carbons (Fsp3) is 0.153. The van der Waals surface area contributed by atoms with Crippen LogP contribution in [0, 0.1) is 18.5 Å². The van der Waals surface area contributed by atoms with Gasteiger partial charge in [0.25, 0.3) is 6.33 Å². The standard InChI is InChI=1S/C59H48N4O.Pt/c1-58(2,3)44-33-43(34-45(36-44)59(4,5)6)48-22-15-21-47(41-17-8-7-9-18-41)57(48)62-38-61(52-24-12-13-25-53(52)62)46-19-14-16-39(31-46)30-40-26-27-50-49-20-10-11-23-51(49)63(54(50)32-40)56-35-42-28-29-64-55(42)37-60-56;/h7-29,33-37H,30H2,1-6H3;/q-2;/i7D,8D,9D,17D,18D,30D2;. The molecule has 6 heteroatoms. The number of hydrogen-bond acceptors (Lipinski definition) is 2. The van der Waals surface area contributed by atoms with Gasteiger partial charge in [0.15, 0.2) is 5.58 Å². The Balaban J connectivity index is 0.00000596. The second-order valence-corrected chi connectivity index (χ2v) is 18.3. The van der Waals surface area contributed by atoms with E-state index in [4.69, 9.17) is 13.5 Å². The van der Waals surface area contributed by atoms with E-state index in [0.29, 0.717) is 44.9 Å². The SMILES string of the molecule is [2H]c1c([2H])c([2H])c(-c2cccc(-c3cc(C(C)(C)C)cc(C(C)(C)C)c3)c2-[n+]2[c-]n(-c3[c-]c(C([2H])([2H])c4[c-]c5c(cc4)c4ccccc4n5-c4cc5ccoc5cn4)ccc3)c3ccccc32)c([2H])c1[2H].[Pt]. The third-order valence-electron chi connectivity index (χ3n) is 12.0. The predicted molar refractivity (Wildman–Crippen MR) is 261 cm³/mol. The third kappa shape index (κ3) is 7.62. The zero-order chi connectivity index (χ0) is 49.9. The van der Waals surface area contributed by atoms with E-state index in [9.17, 15) is 5.48 Å². The van der Waals surface area contributed by atoms with Crippen LogP contribution in [-0.2, 0) is 38.3 Å². The van der Waals surface area contributed by atoms with Crippen LogP contribution in [-0.4, -0.2) is 14.1 Å². The molecule has 0 amide bonds. The molecule has 0 N–H and O–H groups in total. The van der Waals surface area contributed by atoms with Gasteiger partial charge >= 0.3 is 0 Å². The van der Waals surface area contributed by atoms with Gasteiger partial charge in [0.05, 0.1) is 36.0 Å². The van der Waals surface area contributed by atoms with Gasteiger partial charge in [-0.2, -0.15) is 53.6 Å². The minimum atomic E-state index is -2.07. The van der Waals surface area contributed by atoms with E-state index in [0.717, 1.165) is 49.4 Å². The summed E-state index contributed by atoms with van der Waals surface area (Å²) in [5.74, 6) is 0.656. The van der Waals surface area contributed by atoms with Crippen LogP contribution < -0.4 is 4.57 Å². The first-order valence-corrected chi connectivity index (χ1v) is 21.5. The van der Waals surface area contributed by atoms with Crippen LogP contribution in [0.3, 0.4) is 0 Å². The third-order valence-corrected chi connectivity index (χ3v) is 12.0. The Morgan fingerprint density at radius 1 is 0.677 bits per heavy atom. The van der Waals surface area contributed by atoms with Gasteiger partial charge in [0.2, 0.25) is 0 Å². The van der Waals surface area contributed by atoms with E-state index >= 15 is 0 Å². The van der Waals surface area contributed by atoms with Crippen LogP contribution in [0.25, 0.3) is 83.3 Å². The number of rotatable bonds is 7. The number of fused-ring (bicyclic) bond motifs is 5. The molecule has 0 unspecified atom stereocenters. The van der Waals surface area contributed by atoms with Gasteiger partial charge in [0.1, 0.15) is 5.82 Å². The van der Waals surface area contributed by atoms with Crippen LogP contribution in [0.5, 0.6) is 0 Å². The maximum atomic E-state index is 9.76. The van der Waals surface area contributed by atoms with Crippen LogP contribution >= 0.6 is 0 Å². The molecule has 4 aromatic heterocycles. The van der Waals surface area contributed by atoms with Gasteiger partial charge in [-0.25, -0.2) is 4.98 Å². The quantitative estimate of drug-likeness (QED) is 0.118. The molecule has 0 aliphatic carbocycles. The summed E-state index contributed by atoms with van der Waals surface area (Å²) in [5, 5.41) is 2.80. The van der Waals surface area contributed by atoms with E-state index in [-0.39, 0.29) is 55.1 Å². The van der Waals surface area contributed by atoms with Gasteiger partial charge in [-0.15, -0.1) is 5.39 Å². The van der Waals surface area contributed by atoms with Crippen LogP contribution in [0.2, 0.25) is 0 Å². The average Bonchev–Trinajstić information content (AvgIpc) is 4.08. The number of nitrogens with zero attached hydrogens (tertiary/aromatic N) is 4. The molecule has 7 aromatic carbocycles. The molecule has 322 valence electrons. The summed E-state index contributed by atoms with van der Waals surface area (Å²) in [5.41, 5.74) is 9.37. The maximum Gasteiger partial charge on any atom is 0.268 e. The molecule has 0 atom stereocenters. The van der Waals surface area contributed by atoms with Gasteiger partial charge < -0.3 is 13.6 Å². The molecule has 0 saturated heterocycles. The van der Waals surface area contributed by atoms with Crippen molar-refractivity contribution in [1.29, 1.82) is 0 Å². The van der Waals surface area contributed by atoms with Crippen molar-refractivity contribution >= 4 is 43.8 Å². The smallest absolute Gasteiger partial charge is 0.268 e. The summed E-state index contributed by atoms with van der Waals surface area (Å²) in [7, 11) is 0. The Morgan fingerprint density at radius 3 is 2.14 bits per heavy atom. The minimum Gasteiger partial charge on any atom is -0.463 e. The van der Waals surface area contributed by atoms with Gasteiger partial charge in [-0.05, 0) is 79.9 Å². The van der Waals surface area contributed by atoms with Crippen LogP contribution in [0.1, 0.15) is 73.4 Å². The molecule has 5 nitrogen and oxygen atoms in total. The predicted octanol–water partition coefficient (Wildman–Crippen LogP) is 14.1. The first-order valence-electron chi connectivity index (χ1n) is 25.0. The molecule has 0 fully saturated rings. The summed E-state index contributed by atoms with van der Waals surface area (Å²) in [6.45, 7) is 13.1. The van der Waals surface area contributed by atoms with E-state index in [1.807, 2.05) is 105 Å². The Morgan fingerprint density at radius 2 is 1.37 bits per heavy atom. The second kappa shape index (κ2) is 16.3. The number of para-hydroxylation sites is 4. The van der Waals surface area contributed by atoms with Crippen molar-refractivity contribution in [3.63, 3.8) is 0 Å². The van der Waals surface area contributed by atoms with Crippen molar-refractivity contribution in [2.45, 2.75) is 58.7 Å². The minimum absolute atomic E-state index is 0. The molecule has 0 aliphatic heterocycles. The maximum absolute atomic E-state index is 9.76. The van der Waals surface area contributed by atoms with E-state index in [2.05, 4.69) is 78.2 Å². The number of benzene rings is 7. The van der Waals surface area contributed by atoms with Crippen molar-refractivity contribution in [2.75, 3.05) is 0 Å².